The molecule has 2 aliphatic rings. The van der Waals surface area contributed by atoms with Crippen LogP contribution in [0.5, 0.6) is 0 Å². The highest BCUT2D eigenvalue weighted by atomic mass is 19.3. The lowest BCUT2D eigenvalue weighted by Crippen LogP contribution is -2.32. The summed E-state index contributed by atoms with van der Waals surface area (Å²) >= 11 is 0. The van der Waals surface area contributed by atoms with Gasteiger partial charge >= 0.3 is 0 Å². The molecule has 1 aliphatic heterocycles. The zero-order valence-electron chi connectivity index (χ0n) is 9.12. The maximum Gasteiger partial charge on any atom is 0.271 e. The largest absolute Gasteiger partial charge is 0.348 e. The Morgan fingerprint density at radius 3 is 2.56 bits per heavy atom. The molecule has 0 unspecified atom stereocenters. The van der Waals surface area contributed by atoms with E-state index in [0.29, 0.717) is 19.3 Å². The summed E-state index contributed by atoms with van der Waals surface area (Å²) in [5.41, 5.74) is 1.37. The molecule has 0 atom stereocenters. The molecule has 1 fully saturated rings. The Morgan fingerprint density at radius 1 is 1.25 bits per heavy atom. The molecule has 0 aromatic carbocycles. The van der Waals surface area contributed by atoms with Crippen LogP contribution < -0.4 is 0 Å². The zero-order chi connectivity index (χ0) is 11.4. The van der Waals surface area contributed by atoms with Gasteiger partial charge in [0.05, 0.1) is 13.2 Å². The topological polar surface area (TPSA) is 18.5 Å². The van der Waals surface area contributed by atoms with Crippen molar-refractivity contribution in [2.75, 3.05) is 13.2 Å². The Morgan fingerprint density at radius 2 is 2.00 bits per heavy atom. The average molecular weight is 230 g/mol. The van der Waals surface area contributed by atoms with Crippen LogP contribution in [0, 0.1) is 5.92 Å². The van der Waals surface area contributed by atoms with E-state index >= 15 is 0 Å². The monoisotopic (exact) mass is 230 g/mol. The second-order valence-electron chi connectivity index (χ2n) is 4.21. The highest BCUT2D eigenvalue weighted by Gasteiger charge is 2.24. The summed E-state index contributed by atoms with van der Waals surface area (Å²) in [4.78, 5) is 0. The first-order valence-electron chi connectivity index (χ1n) is 5.70. The van der Waals surface area contributed by atoms with E-state index in [1.54, 1.807) is 0 Å². The van der Waals surface area contributed by atoms with Gasteiger partial charge in [0.1, 0.15) is 0 Å². The lowest BCUT2D eigenvalue weighted by Gasteiger charge is -2.30. The van der Waals surface area contributed by atoms with Crippen molar-refractivity contribution in [1.29, 1.82) is 0 Å². The number of ether oxygens (including phenoxy) is 2. The maximum absolute atomic E-state index is 12.0. The first-order valence-corrected chi connectivity index (χ1v) is 5.70. The van der Waals surface area contributed by atoms with E-state index in [1.165, 1.54) is 18.4 Å². The van der Waals surface area contributed by atoms with Crippen LogP contribution >= 0.6 is 0 Å². The van der Waals surface area contributed by atoms with Crippen molar-refractivity contribution in [2.45, 2.75) is 32.0 Å². The van der Waals surface area contributed by atoms with Gasteiger partial charge in [0.2, 0.25) is 0 Å². The number of hydrogen-bond acceptors (Lipinski definition) is 2. The molecule has 0 N–H and O–H groups in total. The van der Waals surface area contributed by atoms with Gasteiger partial charge in [-0.3, -0.25) is 0 Å². The van der Waals surface area contributed by atoms with E-state index in [9.17, 15) is 8.78 Å². The molecule has 90 valence electrons. The van der Waals surface area contributed by atoms with Crippen molar-refractivity contribution in [1.82, 2.24) is 0 Å². The summed E-state index contributed by atoms with van der Waals surface area (Å²) in [6.45, 7) is 0.973. The summed E-state index contributed by atoms with van der Waals surface area (Å²) in [7, 11) is 0. The minimum Gasteiger partial charge on any atom is -0.348 e. The second-order valence-corrected chi connectivity index (χ2v) is 4.21. The molecule has 0 bridgehead atoms. The van der Waals surface area contributed by atoms with Crippen LogP contribution in [0.15, 0.2) is 23.8 Å². The number of allylic oxidation sites excluding steroid dienone is 1. The second kappa shape index (κ2) is 5.55. The fourth-order valence-electron chi connectivity index (χ4n) is 2.17. The lowest BCUT2D eigenvalue weighted by atomic mass is 9.90. The van der Waals surface area contributed by atoms with Gasteiger partial charge in [0.25, 0.3) is 6.08 Å². The van der Waals surface area contributed by atoms with Crippen molar-refractivity contribution in [3.63, 3.8) is 0 Å². The molecule has 0 amide bonds. The molecular formula is C12H16F2O2. The minimum absolute atomic E-state index is 0.257. The van der Waals surface area contributed by atoms with Crippen LogP contribution in [0.25, 0.3) is 0 Å². The van der Waals surface area contributed by atoms with Crippen LogP contribution in [-0.2, 0) is 9.47 Å². The van der Waals surface area contributed by atoms with Crippen LogP contribution in [0.4, 0.5) is 8.78 Å². The zero-order valence-corrected chi connectivity index (χ0v) is 9.12. The molecule has 0 radical (unpaired) electrons. The summed E-state index contributed by atoms with van der Waals surface area (Å²) < 4.78 is 34.4. The quantitative estimate of drug-likeness (QED) is 0.678. The van der Waals surface area contributed by atoms with Gasteiger partial charge in [-0.15, -0.1) is 0 Å². The van der Waals surface area contributed by atoms with Crippen LogP contribution in [0.1, 0.15) is 25.7 Å². The fourth-order valence-corrected chi connectivity index (χ4v) is 2.17. The predicted molar refractivity (Wildman–Crippen MR) is 56.0 cm³/mol. The summed E-state index contributed by atoms with van der Waals surface area (Å²) in [5, 5.41) is 0. The molecule has 2 rings (SSSR count). The summed E-state index contributed by atoms with van der Waals surface area (Å²) in [6.07, 6.45) is 5.01. The summed E-state index contributed by atoms with van der Waals surface area (Å²) in [6, 6.07) is 0. The molecule has 1 saturated heterocycles. The highest BCUT2D eigenvalue weighted by molar-refractivity contribution is 5.10. The van der Waals surface area contributed by atoms with Gasteiger partial charge in [-0.25, -0.2) is 0 Å². The van der Waals surface area contributed by atoms with Crippen LogP contribution in [0.3, 0.4) is 0 Å². The number of hydrogen-bond donors (Lipinski definition) is 0. The van der Waals surface area contributed by atoms with Crippen molar-refractivity contribution in [2.24, 2.45) is 5.92 Å². The van der Waals surface area contributed by atoms with Crippen molar-refractivity contribution in [3.05, 3.63) is 23.8 Å². The average Bonchev–Trinajstić information content (AvgIpc) is 2.30. The third-order valence-electron chi connectivity index (χ3n) is 3.04. The van der Waals surface area contributed by atoms with E-state index in [4.69, 9.17) is 9.47 Å². The molecule has 0 saturated carbocycles. The number of rotatable bonds is 2. The van der Waals surface area contributed by atoms with Gasteiger partial charge in [0, 0.05) is 12.0 Å². The molecule has 16 heavy (non-hydrogen) atoms. The van der Waals surface area contributed by atoms with E-state index in [0.717, 1.165) is 12.8 Å². The molecule has 1 aliphatic carbocycles. The van der Waals surface area contributed by atoms with Gasteiger partial charge in [-0.05, 0) is 25.7 Å². The maximum atomic E-state index is 12.0. The van der Waals surface area contributed by atoms with Gasteiger partial charge in [0.15, 0.2) is 6.29 Å². The molecule has 0 spiro atoms. The van der Waals surface area contributed by atoms with Crippen LogP contribution in [-0.4, -0.2) is 19.5 Å². The van der Waals surface area contributed by atoms with Crippen LogP contribution in [0.2, 0.25) is 0 Å². The first-order chi connectivity index (χ1) is 7.75. The number of halogens is 2. The van der Waals surface area contributed by atoms with Gasteiger partial charge in [-0.2, -0.15) is 8.78 Å². The Labute approximate surface area is 93.9 Å². The Hall–Kier alpha value is -0.740. The first kappa shape index (κ1) is 11.7. The van der Waals surface area contributed by atoms with E-state index in [-0.39, 0.29) is 5.92 Å². The van der Waals surface area contributed by atoms with Crippen molar-refractivity contribution < 1.29 is 18.3 Å². The third-order valence-corrected chi connectivity index (χ3v) is 3.04. The molecule has 0 aromatic rings. The SMILES string of the molecule is FC(F)=CC1OCC(C2=CCCCC2)CO1. The fraction of sp³-hybridized carbons (Fsp3) is 0.667. The minimum atomic E-state index is -1.75. The van der Waals surface area contributed by atoms with Gasteiger partial charge in [-0.1, -0.05) is 11.6 Å². The molecule has 4 heteroatoms. The highest BCUT2D eigenvalue weighted by Crippen LogP contribution is 2.28. The van der Waals surface area contributed by atoms with E-state index < -0.39 is 12.4 Å². The Bertz CT molecular complexity index is 287. The normalized spacial score (nSPS) is 30.8. The smallest absolute Gasteiger partial charge is 0.271 e. The van der Waals surface area contributed by atoms with Gasteiger partial charge < -0.3 is 9.47 Å². The standard InChI is InChI=1S/C12H16F2O2/c13-11(14)6-12-15-7-10(8-16-12)9-4-2-1-3-5-9/h4,6,10,12H,1-3,5,7-8H2. The molecular weight excluding hydrogens is 214 g/mol. The van der Waals surface area contributed by atoms with Crippen molar-refractivity contribution in [3.8, 4) is 0 Å². The Kier molecular flexibility index (Phi) is 4.07. The third kappa shape index (κ3) is 3.12. The summed E-state index contributed by atoms with van der Waals surface area (Å²) in [5.74, 6) is 0.257. The molecule has 0 aromatic heterocycles. The van der Waals surface area contributed by atoms with E-state index in [1.807, 2.05) is 0 Å². The predicted octanol–water partition coefficient (Wildman–Crippen LogP) is 3.26. The lowest BCUT2D eigenvalue weighted by molar-refractivity contribution is -0.169. The Balaban J connectivity index is 1.85. The van der Waals surface area contributed by atoms with Crippen molar-refractivity contribution >= 4 is 0 Å². The van der Waals surface area contributed by atoms with E-state index in [2.05, 4.69) is 6.08 Å². The molecule has 1 heterocycles. The molecule has 2 nitrogen and oxygen atoms in total.